The van der Waals surface area contributed by atoms with Gasteiger partial charge in [0.1, 0.15) is 12.3 Å². The van der Waals surface area contributed by atoms with Crippen molar-refractivity contribution in [2.45, 2.75) is 13.8 Å². The van der Waals surface area contributed by atoms with Crippen LogP contribution in [-0.4, -0.2) is 42.2 Å². The third-order valence-electron chi connectivity index (χ3n) is 2.94. The maximum Gasteiger partial charge on any atom is 0.322 e. The molecule has 1 aromatic carbocycles. The summed E-state index contributed by atoms with van der Waals surface area (Å²) in [5, 5.41) is 20.2. The smallest absolute Gasteiger partial charge is 0.322 e. The Hall–Kier alpha value is -2.24. The summed E-state index contributed by atoms with van der Waals surface area (Å²) in [7, 11) is 1.83. The molecule has 0 bridgehead atoms. The van der Waals surface area contributed by atoms with E-state index in [2.05, 4.69) is 5.32 Å². The molecule has 0 aliphatic rings. The number of phenols is 1. The van der Waals surface area contributed by atoms with Gasteiger partial charge in [0.2, 0.25) is 5.91 Å². The van der Waals surface area contributed by atoms with Crippen molar-refractivity contribution in [2.75, 3.05) is 25.0 Å². The van der Waals surface area contributed by atoms with Gasteiger partial charge in [0.15, 0.2) is 0 Å². The highest BCUT2D eigenvalue weighted by atomic mass is 16.4. The van der Waals surface area contributed by atoms with Crippen LogP contribution < -0.4 is 10.2 Å². The van der Waals surface area contributed by atoms with Crippen LogP contribution in [0.3, 0.4) is 0 Å². The number of benzene rings is 1. The third kappa shape index (κ3) is 4.46. The highest BCUT2D eigenvalue weighted by Gasteiger charge is 2.29. The summed E-state index contributed by atoms with van der Waals surface area (Å²) in [6, 6.07) is 6.65. The molecule has 0 aliphatic heterocycles. The Kier molecular flexibility index (Phi) is 4.96. The Balaban J connectivity index is 2.67. The van der Waals surface area contributed by atoms with E-state index < -0.39 is 11.4 Å². The minimum absolute atomic E-state index is 0.181. The molecule has 0 unspecified atom stereocenters. The van der Waals surface area contributed by atoms with Crippen LogP contribution in [0.1, 0.15) is 13.8 Å². The molecule has 6 nitrogen and oxygen atoms in total. The Morgan fingerprint density at radius 2 is 1.80 bits per heavy atom. The number of hydrogen-bond donors (Lipinski definition) is 3. The zero-order valence-electron chi connectivity index (χ0n) is 11.9. The third-order valence-corrected chi connectivity index (χ3v) is 2.94. The predicted molar refractivity (Wildman–Crippen MR) is 75.8 cm³/mol. The first-order valence-corrected chi connectivity index (χ1v) is 6.22. The first kappa shape index (κ1) is 15.8. The largest absolute Gasteiger partial charge is 0.508 e. The zero-order valence-corrected chi connectivity index (χ0v) is 11.9. The van der Waals surface area contributed by atoms with Crippen LogP contribution in [0.2, 0.25) is 0 Å². The van der Waals surface area contributed by atoms with E-state index in [4.69, 9.17) is 5.11 Å². The fourth-order valence-electron chi connectivity index (χ4n) is 1.86. The van der Waals surface area contributed by atoms with Crippen molar-refractivity contribution in [3.8, 4) is 5.75 Å². The van der Waals surface area contributed by atoms with Gasteiger partial charge in [0.05, 0.1) is 5.41 Å². The molecule has 3 N–H and O–H groups in total. The molecule has 1 aromatic rings. The molecule has 0 aliphatic carbocycles. The number of rotatable bonds is 6. The van der Waals surface area contributed by atoms with Gasteiger partial charge in [-0.1, -0.05) is 0 Å². The molecular formula is C14H20N2O4. The number of carboxylic acids is 1. The van der Waals surface area contributed by atoms with Crippen LogP contribution in [0, 0.1) is 5.41 Å². The summed E-state index contributed by atoms with van der Waals surface area (Å²) in [5.74, 6) is -1.20. The molecule has 0 aromatic heterocycles. The molecule has 0 saturated heterocycles. The van der Waals surface area contributed by atoms with Gasteiger partial charge in [-0.3, -0.25) is 9.59 Å². The van der Waals surface area contributed by atoms with Crippen molar-refractivity contribution < 1.29 is 19.8 Å². The van der Waals surface area contributed by atoms with Crippen LogP contribution >= 0.6 is 0 Å². The lowest BCUT2D eigenvalue weighted by atomic mass is 9.91. The normalized spacial score (nSPS) is 10.9. The first-order chi connectivity index (χ1) is 9.22. The molecule has 20 heavy (non-hydrogen) atoms. The van der Waals surface area contributed by atoms with E-state index in [0.717, 1.165) is 5.69 Å². The van der Waals surface area contributed by atoms with Crippen molar-refractivity contribution in [1.29, 1.82) is 0 Å². The van der Waals surface area contributed by atoms with E-state index in [0.29, 0.717) is 6.54 Å². The van der Waals surface area contributed by atoms with Gasteiger partial charge < -0.3 is 20.4 Å². The van der Waals surface area contributed by atoms with Crippen molar-refractivity contribution in [1.82, 2.24) is 5.32 Å². The fraction of sp³-hybridized carbons (Fsp3) is 0.429. The topological polar surface area (TPSA) is 89.9 Å². The van der Waals surface area contributed by atoms with Gasteiger partial charge in [0, 0.05) is 19.3 Å². The molecule has 0 atom stereocenters. The van der Waals surface area contributed by atoms with E-state index in [1.54, 1.807) is 38.1 Å². The van der Waals surface area contributed by atoms with Gasteiger partial charge in [-0.25, -0.2) is 0 Å². The molecule has 0 heterocycles. The van der Waals surface area contributed by atoms with Crippen molar-refractivity contribution in [2.24, 2.45) is 5.41 Å². The quantitative estimate of drug-likeness (QED) is 0.725. The lowest BCUT2D eigenvalue weighted by Gasteiger charge is -2.30. The Labute approximate surface area is 118 Å². The highest BCUT2D eigenvalue weighted by Crippen LogP contribution is 2.22. The fourth-order valence-corrected chi connectivity index (χ4v) is 1.86. The van der Waals surface area contributed by atoms with E-state index >= 15 is 0 Å². The van der Waals surface area contributed by atoms with E-state index in [9.17, 15) is 14.7 Å². The first-order valence-electron chi connectivity index (χ1n) is 6.22. The predicted octanol–water partition coefficient (Wildman–Crippen LogP) is 1.06. The Morgan fingerprint density at radius 1 is 1.25 bits per heavy atom. The van der Waals surface area contributed by atoms with Crippen molar-refractivity contribution >= 4 is 17.6 Å². The summed E-state index contributed by atoms with van der Waals surface area (Å²) in [4.78, 5) is 24.3. The molecular weight excluding hydrogens is 260 g/mol. The average Bonchev–Trinajstić information content (AvgIpc) is 2.35. The van der Waals surface area contributed by atoms with E-state index in [-0.39, 0.29) is 18.2 Å². The number of carbonyl (C=O) groups excluding carboxylic acids is 1. The second kappa shape index (κ2) is 6.27. The minimum Gasteiger partial charge on any atom is -0.508 e. The maximum absolute atomic E-state index is 11.9. The number of carbonyl (C=O) groups is 2. The summed E-state index contributed by atoms with van der Waals surface area (Å²) in [5.41, 5.74) is 0.129. The number of hydrogen-bond acceptors (Lipinski definition) is 4. The van der Waals surface area contributed by atoms with Crippen LogP contribution in [0.25, 0.3) is 0 Å². The standard InChI is InChI=1S/C14H20N2O4/c1-14(2,13(20)15-8-12(18)19)9-16(3)10-4-6-11(17)7-5-10/h4-7,17H,8-9H2,1-3H3,(H,15,20)(H,18,19). The lowest BCUT2D eigenvalue weighted by molar-refractivity contribution is -0.139. The monoisotopic (exact) mass is 280 g/mol. The highest BCUT2D eigenvalue weighted by molar-refractivity contribution is 5.85. The van der Waals surface area contributed by atoms with Crippen molar-refractivity contribution in [3.63, 3.8) is 0 Å². The SMILES string of the molecule is CN(CC(C)(C)C(=O)NCC(=O)O)c1ccc(O)cc1. The number of aliphatic carboxylic acids is 1. The number of aromatic hydroxyl groups is 1. The lowest BCUT2D eigenvalue weighted by Crippen LogP contribution is -2.45. The number of carboxylic acid groups (broad SMARTS) is 1. The number of nitrogens with one attached hydrogen (secondary N) is 1. The maximum atomic E-state index is 11.9. The number of nitrogens with zero attached hydrogens (tertiary/aromatic N) is 1. The molecule has 0 spiro atoms. The van der Waals surface area contributed by atoms with E-state index in [1.165, 1.54) is 0 Å². The van der Waals surface area contributed by atoms with Gasteiger partial charge in [0.25, 0.3) is 0 Å². The summed E-state index contributed by atoms with van der Waals surface area (Å²) in [6.07, 6.45) is 0. The summed E-state index contributed by atoms with van der Waals surface area (Å²) >= 11 is 0. The van der Waals surface area contributed by atoms with E-state index in [1.807, 2.05) is 11.9 Å². The van der Waals surface area contributed by atoms with Crippen molar-refractivity contribution in [3.05, 3.63) is 24.3 Å². The van der Waals surface area contributed by atoms with Gasteiger partial charge >= 0.3 is 5.97 Å². The second-order valence-electron chi connectivity index (χ2n) is 5.33. The summed E-state index contributed by atoms with van der Waals surface area (Å²) < 4.78 is 0. The number of anilines is 1. The average molecular weight is 280 g/mol. The van der Waals surface area contributed by atoms with Crippen LogP contribution in [-0.2, 0) is 9.59 Å². The summed E-state index contributed by atoms with van der Waals surface area (Å²) in [6.45, 7) is 3.54. The molecule has 0 radical (unpaired) electrons. The van der Waals surface area contributed by atoms with Crippen LogP contribution in [0.4, 0.5) is 5.69 Å². The molecule has 1 rings (SSSR count). The number of phenolic OH excluding ortho intramolecular Hbond substituents is 1. The van der Waals surface area contributed by atoms with Gasteiger partial charge in [-0.05, 0) is 38.1 Å². The zero-order chi connectivity index (χ0) is 15.3. The second-order valence-corrected chi connectivity index (χ2v) is 5.33. The molecule has 1 amide bonds. The molecule has 6 heteroatoms. The molecule has 110 valence electrons. The van der Waals surface area contributed by atoms with Crippen LogP contribution in [0.15, 0.2) is 24.3 Å². The Bertz CT molecular complexity index is 482. The minimum atomic E-state index is -1.07. The molecule has 0 saturated carbocycles. The van der Waals surface area contributed by atoms with Crippen LogP contribution in [0.5, 0.6) is 5.75 Å². The number of amides is 1. The van der Waals surface area contributed by atoms with Gasteiger partial charge in [-0.15, -0.1) is 0 Å². The molecule has 0 fully saturated rings. The Morgan fingerprint density at radius 3 is 2.30 bits per heavy atom. The van der Waals surface area contributed by atoms with Gasteiger partial charge in [-0.2, -0.15) is 0 Å².